The predicted octanol–water partition coefficient (Wildman–Crippen LogP) is 3.57. The Bertz CT molecular complexity index is 906. The minimum atomic E-state index is 0.0353. The molecule has 130 valence electrons. The van der Waals surface area contributed by atoms with Crippen LogP contribution in [0.1, 0.15) is 19.6 Å². The van der Waals surface area contributed by atoms with Gasteiger partial charge >= 0.3 is 0 Å². The van der Waals surface area contributed by atoms with Crippen molar-refractivity contribution in [1.82, 2.24) is 5.32 Å². The Hall–Kier alpha value is -1.90. The Labute approximate surface area is 149 Å². The molecule has 5 heteroatoms. The summed E-state index contributed by atoms with van der Waals surface area (Å²) in [5.41, 5.74) is 2.90. The van der Waals surface area contributed by atoms with Gasteiger partial charge in [0.25, 0.3) is 0 Å². The van der Waals surface area contributed by atoms with Gasteiger partial charge in [0.15, 0.2) is 5.43 Å². The first kappa shape index (κ1) is 16.6. The van der Waals surface area contributed by atoms with Crippen molar-refractivity contribution in [2.45, 2.75) is 25.9 Å². The summed E-state index contributed by atoms with van der Waals surface area (Å²) in [5, 5.41) is 4.20. The van der Waals surface area contributed by atoms with E-state index in [1.807, 2.05) is 24.3 Å². The van der Waals surface area contributed by atoms with E-state index in [4.69, 9.17) is 4.42 Å². The fraction of sp³-hybridized carbons (Fsp3) is 0.350. The van der Waals surface area contributed by atoms with Crippen LogP contribution in [0.4, 0.5) is 5.69 Å². The first-order valence-corrected chi connectivity index (χ1v) is 10.1. The molecular formula is C20H23N2O2P. The van der Waals surface area contributed by atoms with Crippen molar-refractivity contribution < 1.29 is 4.42 Å². The molecule has 1 aromatic heterocycles. The zero-order valence-corrected chi connectivity index (χ0v) is 15.6. The molecule has 3 atom stereocenters. The first-order valence-electron chi connectivity index (χ1n) is 8.78. The van der Waals surface area contributed by atoms with Crippen molar-refractivity contribution in [2.24, 2.45) is 0 Å². The molecule has 4 nitrogen and oxygen atoms in total. The minimum Gasteiger partial charge on any atom is -0.456 e. The van der Waals surface area contributed by atoms with Crippen molar-refractivity contribution in [3.63, 3.8) is 0 Å². The molecule has 0 radical (unpaired) electrons. The van der Waals surface area contributed by atoms with Gasteiger partial charge in [0.1, 0.15) is 11.3 Å². The molecule has 3 heterocycles. The largest absolute Gasteiger partial charge is 0.456 e. The SMILES string of the molecule is CC1CN(c2ccc3oc(C4=CC=CPC4)cc(=O)c3c2)C[C@H](C)N1. The number of hydrogen-bond donors (Lipinski definition) is 1. The summed E-state index contributed by atoms with van der Waals surface area (Å²) in [6, 6.07) is 8.50. The maximum absolute atomic E-state index is 12.7. The number of anilines is 1. The minimum absolute atomic E-state index is 0.0353. The van der Waals surface area contributed by atoms with Crippen LogP contribution in [-0.2, 0) is 0 Å². The molecule has 0 bridgehead atoms. The van der Waals surface area contributed by atoms with E-state index in [9.17, 15) is 4.79 Å². The fourth-order valence-electron chi connectivity index (χ4n) is 3.67. The molecule has 1 fully saturated rings. The predicted molar refractivity (Wildman–Crippen MR) is 107 cm³/mol. The second-order valence-electron chi connectivity index (χ2n) is 6.96. The maximum Gasteiger partial charge on any atom is 0.193 e. The van der Waals surface area contributed by atoms with Crippen LogP contribution < -0.4 is 15.6 Å². The quantitative estimate of drug-likeness (QED) is 0.838. The molecule has 2 unspecified atom stereocenters. The number of nitrogens with one attached hydrogen (secondary N) is 1. The monoisotopic (exact) mass is 354 g/mol. The molecule has 0 amide bonds. The smallest absolute Gasteiger partial charge is 0.193 e. The third-order valence-corrected chi connectivity index (χ3v) is 5.77. The van der Waals surface area contributed by atoms with Crippen LogP contribution in [0.2, 0.25) is 0 Å². The Morgan fingerprint density at radius 2 is 2.00 bits per heavy atom. The second-order valence-corrected chi connectivity index (χ2v) is 8.06. The highest BCUT2D eigenvalue weighted by Crippen LogP contribution is 2.30. The number of allylic oxidation sites excluding steroid dienone is 3. The van der Waals surface area contributed by atoms with Crippen molar-refractivity contribution in [2.75, 3.05) is 24.2 Å². The number of hydrogen-bond acceptors (Lipinski definition) is 4. The summed E-state index contributed by atoms with van der Waals surface area (Å²) in [7, 11) is 0.754. The zero-order chi connectivity index (χ0) is 17.4. The molecule has 2 aliphatic heterocycles. The van der Waals surface area contributed by atoms with E-state index in [2.05, 4.69) is 35.9 Å². The van der Waals surface area contributed by atoms with E-state index in [0.717, 1.165) is 39.1 Å². The number of fused-ring (bicyclic) bond motifs is 1. The molecule has 0 saturated carbocycles. The van der Waals surface area contributed by atoms with Crippen molar-refractivity contribution in [3.8, 4) is 0 Å². The third kappa shape index (κ3) is 3.42. The first-order chi connectivity index (χ1) is 12.1. The topological polar surface area (TPSA) is 45.5 Å². The van der Waals surface area contributed by atoms with E-state index in [1.165, 1.54) is 0 Å². The Kier molecular flexibility index (Phi) is 4.49. The molecule has 1 aromatic carbocycles. The highest BCUT2D eigenvalue weighted by atomic mass is 31.1. The highest BCUT2D eigenvalue weighted by Gasteiger charge is 2.21. The Morgan fingerprint density at radius 3 is 2.72 bits per heavy atom. The van der Waals surface area contributed by atoms with Gasteiger partial charge in [0.2, 0.25) is 0 Å². The molecular weight excluding hydrogens is 331 g/mol. The molecule has 4 rings (SSSR count). The molecule has 1 saturated heterocycles. The molecule has 0 aliphatic carbocycles. The number of nitrogens with zero attached hydrogens (tertiary/aromatic N) is 1. The van der Waals surface area contributed by atoms with Crippen LogP contribution in [0.25, 0.3) is 16.5 Å². The summed E-state index contributed by atoms with van der Waals surface area (Å²) in [5.74, 6) is 2.86. The van der Waals surface area contributed by atoms with Gasteiger partial charge in [-0.3, -0.25) is 4.79 Å². The van der Waals surface area contributed by atoms with Crippen LogP contribution in [0.3, 0.4) is 0 Å². The van der Waals surface area contributed by atoms with Gasteiger partial charge in [-0.2, -0.15) is 0 Å². The van der Waals surface area contributed by atoms with Crippen LogP contribution in [0.15, 0.2) is 51.4 Å². The van der Waals surface area contributed by atoms with Crippen molar-refractivity contribution >= 4 is 30.8 Å². The van der Waals surface area contributed by atoms with E-state index >= 15 is 0 Å². The normalized spacial score (nSPS) is 24.7. The maximum atomic E-state index is 12.7. The molecule has 25 heavy (non-hydrogen) atoms. The lowest BCUT2D eigenvalue weighted by molar-refractivity contribution is 0.407. The Balaban J connectivity index is 1.72. The van der Waals surface area contributed by atoms with E-state index in [-0.39, 0.29) is 5.43 Å². The summed E-state index contributed by atoms with van der Waals surface area (Å²) in [4.78, 5) is 15.0. The number of rotatable bonds is 2. The van der Waals surface area contributed by atoms with Gasteiger partial charge in [-0.1, -0.05) is 26.5 Å². The average Bonchev–Trinajstić information content (AvgIpc) is 2.61. The molecule has 2 aromatic rings. The van der Waals surface area contributed by atoms with Gasteiger partial charge in [0.05, 0.1) is 5.39 Å². The van der Waals surface area contributed by atoms with Crippen LogP contribution in [-0.4, -0.2) is 31.3 Å². The fourth-order valence-corrected chi connectivity index (χ4v) is 4.53. The summed E-state index contributed by atoms with van der Waals surface area (Å²) >= 11 is 0. The lowest BCUT2D eigenvalue weighted by atomic mass is 10.1. The van der Waals surface area contributed by atoms with Crippen LogP contribution in [0.5, 0.6) is 0 Å². The van der Waals surface area contributed by atoms with E-state index < -0.39 is 0 Å². The van der Waals surface area contributed by atoms with Gasteiger partial charge < -0.3 is 14.6 Å². The highest BCUT2D eigenvalue weighted by molar-refractivity contribution is 7.42. The lowest BCUT2D eigenvalue weighted by Gasteiger charge is -2.37. The molecule has 2 aliphatic rings. The van der Waals surface area contributed by atoms with Gasteiger partial charge in [-0.15, -0.1) is 0 Å². The summed E-state index contributed by atoms with van der Waals surface area (Å²) in [6.07, 6.45) is 5.02. The standard InChI is InChI=1S/C20H23N2O2P/c1-13-10-22(11-14(2)21-13)16-5-6-19-17(8-16)18(23)9-20(24-19)15-4-3-7-25-12-15/h3-9,13-14,21,25H,10-12H2,1-2H3/t13-,14?/m0/s1. The molecule has 0 spiro atoms. The lowest BCUT2D eigenvalue weighted by Crippen LogP contribution is -2.54. The van der Waals surface area contributed by atoms with Crippen molar-refractivity contribution in [3.05, 3.63) is 58.2 Å². The van der Waals surface area contributed by atoms with Crippen molar-refractivity contribution in [1.29, 1.82) is 0 Å². The third-order valence-electron chi connectivity index (χ3n) is 4.75. The Morgan fingerprint density at radius 1 is 1.20 bits per heavy atom. The molecule has 1 N–H and O–H groups in total. The average molecular weight is 354 g/mol. The van der Waals surface area contributed by atoms with Crippen LogP contribution >= 0.6 is 8.58 Å². The second kappa shape index (κ2) is 6.78. The summed E-state index contributed by atoms with van der Waals surface area (Å²) < 4.78 is 6.04. The number of benzene rings is 1. The summed E-state index contributed by atoms with van der Waals surface area (Å²) in [6.45, 7) is 6.27. The van der Waals surface area contributed by atoms with Gasteiger partial charge in [-0.25, -0.2) is 0 Å². The van der Waals surface area contributed by atoms with Crippen LogP contribution in [0, 0.1) is 0 Å². The number of piperazine rings is 1. The van der Waals surface area contributed by atoms with Gasteiger partial charge in [-0.05, 0) is 43.8 Å². The zero-order valence-electron chi connectivity index (χ0n) is 14.6. The van der Waals surface area contributed by atoms with Gasteiger partial charge in [0, 0.05) is 36.9 Å². The van der Waals surface area contributed by atoms with E-state index in [1.54, 1.807) is 6.07 Å². The van der Waals surface area contributed by atoms with E-state index in [0.29, 0.717) is 28.8 Å².